The zero-order valence-corrected chi connectivity index (χ0v) is 10.8. The number of oxime groups is 1. The Morgan fingerprint density at radius 2 is 2.39 bits per heavy atom. The number of amides is 1. The molecule has 0 bridgehead atoms. The van der Waals surface area contributed by atoms with Gasteiger partial charge in [-0.3, -0.25) is 4.79 Å². The van der Waals surface area contributed by atoms with Crippen LogP contribution in [-0.4, -0.2) is 23.5 Å². The SMILES string of the molecule is Cc1cc(NC(=O)CO/N=C(\N)CC(C)C)no1. The number of amidine groups is 1. The molecule has 18 heavy (non-hydrogen) atoms. The quantitative estimate of drug-likeness (QED) is 0.452. The molecule has 0 aliphatic rings. The summed E-state index contributed by atoms with van der Waals surface area (Å²) < 4.78 is 4.80. The normalized spacial score (nSPS) is 11.7. The summed E-state index contributed by atoms with van der Waals surface area (Å²) in [6.45, 7) is 5.55. The van der Waals surface area contributed by atoms with Gasteiger partial charge in [-0.2, -0.15) is 0 Å². The molecule has 0 aromatic carbocycles. The van der Waals surface area contributed by atoms with E-state index < -0.39 is 0 Å². The number of nitrogens with one attached hydrogen (secondary N) is 1. The van der Waals surface area contributed by atoms with Crippen LogP contribution >= 0.6 is 0 Å². The first kappa shape index (κ1) is 14.0. The van der Waals surface area contributed by atoms with Crippen molar-refractivity contribution >= 4 is 17.6 Å². The molecule has 0 saturated carbocycles. The minimum absolute atomic E-state index is 0.218. The van der Waals surface area contributed by atoms with Gasteiger partial charge in [0, 0.05) is 12.5 Å². The Kier molecular flexibility index (Phi) is 5.16. The highest BCUT2D eigenvalue weighted by Crippen LogP contribution is 2.06. The molecule has 0 spiro atoms. The molecule has 1 aromatic heterocycles. The van der Waals surface area contributed by atoms with Gasteiger partial charge in [-0.05, 0) is 12.8 Å². The standard InChI is InChI=1S/C11H18N4O3/c1-7(2)4-9(12)14-17-6-11(16)13-10-5-8(3)18-15-10/h5,7H,4,6H2,1-3H3,(H2,12,14)(H,13,15,16). The second-order valence-corrected chi connectivity index (χ2v) is 4.33. The lowest BCUT2D eigenvalue weighted by atomic mass is 10.1. The van der Waals surface area contributed by atoms with Gasteiger partial charge in [0.25, 0.3) is 5.91 Å². The van der Waals surface area contributed by atoms with Crippen molar-refractivity contribution in [1.29, 1.82) is 0 Å². The smallest absolute Gasteiger partial charge is 0.266 e. The predicted molar refractivity (Wildman–Crippen MR) is 66.9 cm³/mol. The van der Waals surface area contributed by atoms with Crippen LogP contribution in [0.4, 0.5) is 5.82 Å². The average molecular weight is 254 g/mol. The first-order chi connectivity index (χ1) is 8.47. The number of aromatic nitrogens is 1. The second kappa shape index (κ2) is 6.63. The van der Waals surface area contributed by atoms with Gasteiger partial charge in [-0.25, -0.2) is 0 Å². The Morgan fingerprint density at radius 3 is 2.94 bits per heavy atom. The van der Waals surface area contributed by atoms with Crippen molar-refractivity contribution in [2.45, 2.75) is 27.2 Å². The number of carbonyl (C=O) groups excluding carboxylic acids is 1. The molecule has 3 N–H and O–H groups in total. The van der Waals surface area contributed by atoms with Crippen molar-refractivity contribution in [3.63, 3.8) is 0 Å². The highest BCUT2D eigenvalue weighted by atomic mass is 16.6. The summed E-state index contributed by atoms with van der Waals surface area (Å²) >= 11 is 0. The average Bonchev–Trinajstić information content (AvgIpc) is 2.62. The van der Waals surface area contributed by atoms with E-state index in [1.54, 1.807) is 13.0 Å². The number of hydrogen-bond donors (Lipinski definition) is 2. The predicted octanol–water partition coefficient (Wildman–Crippen LogP) is 1.26. The molecule has 0 fully saturated rings. The van der Waals surface area contributed by atoms with Crippen molar-refractivity contribution in [1.82, 2.24) is 5.16 Å². The molecule has 1 heterocycles. The van der Waals surface area contributed by atoms with Crippen molar-refractivity contribution in [3.8, 4) is 0 Å². The summed E-state index contributed by atoms with van der Waals surface area (Å²) in [6.07, 6.45) is 0.629. The minimum atomic E-state index is -0.371. The van der Waals surface area contributed by atoms with Gasteiger partial charge < -0.3 is 20.4 Å². The van der Waals surface area contributed by atoms with E-state index in [1.165, 1.54) is 0 Å². The molecule has 7 heteroatoms. The van der Waals surface area contributed by atoms with Crippen molar-refractivity contribution in [2.75, 3.05) is 11.9 Å². The maximum Gasteiger partial charge on any atom is 0.266 e. The summed E-state index contributed by atoms with van der Waals surface area (Å²) in [5.74, 6) is 1.36. The topological polar surface area (TPSA) is 103 Å². The summed E-state index contributed by atoms with van der Waals surface area (Å²) in [7, 11) is 0. The Hall–Kier alpha value is -2.05. The molecule has 0 unspecified atom stereocenters. The lowest BCUT2D eigenvalue weighted by Crippen LogP contribution is -2.19. The number of anilines is 1. The van der Waals surface area contributed by atoms with Gasteiger partial charge in [-0.1, -0.05) is 24.2 Å². The molecule has 0 radical (unpaired) electrons. The van der Waals surface area contributed by atoms with Gasteiger partial charge in [0.2, 0.25) is 0 Å². The van der Waals surface area contributed by atoms with Crippen LogP contribution in [0.3, 0.4) is 0 Å². The molecule has 100 valence electrons. The highest BCUT2D eigenvalue weighted by Gasteiger charge is 2.06. The fraction of sp³-hybridized carbons (Fsp3) is 0.545. The molecule has 0 saturated heterocycles. The van der Waals surface area contributed by atoms with Crippen LogP contribution in [0, 0.1) is 12.8 Å². The monoisotopic (exact) mass is 254 g/mol. The van der Waals surface area contributed by atoms with E-state index in [-0.39, 0.29) is 12.5 Å². The van der Waals surface area contributed by atoms with E-state index in [9.17, 15) is 4.79 Å². The number of aryl methyl sites for hydroxylation is 1. The van der Waals surface area contributed by atoms with Crippen molar-refractivity contribution in [2.24, 2.45) is 16.8 Å². The Labute approximate surface area is 105 Å². The second-order valence-electron chi connectivity index (χ2n) is 4.33. The molecular weight excluding hydrogens is 236 g/mol. The molecule has 0 atom stereocenters. The summed E-state index contributed by atoms with van der Waals surface area (Å²) in [4.78, 5) is 16.2. The summed E-state index contributed by atoms with van der Waals surface area (Å²) in [5, 5.41) is 9.75. The number of rotatable bonds is 6. The van der Waals surface area contributed by atoms with E-state index in [0.717, 1.165) is 0 Å². The molecule has 1 aromatic rings. The fourth-order valence-electron chi connectivity index (χ4n) is 1.23. The van der Waals surface area contributed by atoms with E-state index >= 15 is 0 Å². The van der Waals surface area contributed by atoms with Gasteiger partial charge in [-0.15, -0.1) is 0 Å². The van der Waals surface area contributed by atoms with Crippen LogP contribution in [0.5, 0.6) is 0 Å². The number of nitrogens with zero attached hydrogens (tertiary/aromatic N) is 2. The fourth-order valence-corrected chi connectivity index (χ4v) is 1.23. The molecule has 1 amide bonds. The summed E-state index contributed by atoms with van der Waals surface area (Å²) in [5.41, 5.74) is 5.58. The van der Waals surface area contributed by atoms with Gasteiger partial charge in [0.05, 0.1) is 0 Å². The van der Waals surface area contributed by atoms with Crippen molar-refractivity contribution < 1.29 is 14.2 Å². The van der Waals surface area contributed by atoms with E-state index in [4.69, 9.17) is 15.1 Å². The Bertz CT molecular complexity index is 426. The largest absolute Gasteiger partial charge is 0.384 e. The van der Waals surface area contributed by atoms with Crippen LogP contribution in [0.2, 0.25) is 0 Å². The first-order valence-corrected chi connectivity index (χ1v) is 5.65. The number of hydrogen-bond acceptors (Lipinski definition) is 5. The minimum Gasteiger partial charge on any atom is -0.384 e. The van der Waals surface area contributed by atoms with E-state index in [2.05, 4.69) is 15.6 Å². The molecular formula is C11H18N4O3. The highest BCUT2D eigenvalue weighted by molar-refractivity contribution is 5.90. The Morgan fingerprint density at radius 1 is 1.67 bits per heavy atom. The number of carbonyl (C=O) groups is 1. The van der Waals surface area contributed by atoms with Crippen LogP contribution < -0.4 is 11.1 Å². The number of nitrogens with two attached hydrogens (primary N) is 1. The Balaban J connectivity index is 2.29. The van der Waals surface area contributed by atoms with Crippen LogP contribution in [-0.2, 0) is 9.63 Å². The third-order valence-electron chi connectivity index (χ3n) is 1.89. The molecule has 0 aliphatic heterocycles. The lowest BCUT2D eigenvalue weighted by Gasteiger charge is -2.04. The molecule has 7 nitrogen and oxygen atoms in total. The van der Waals surface area contributed by atoms with Gasteiger partial charge >= 0.3 is 0 Å². The lowest BCUT2D eigenvalue weighted by molar-refractivity contribution is -0.120. The van der Waals surface area contributed by atoms with E-state index in [1.807, 2.05) is 13.8 Å². The van der Waals surface area contributed by atoms with E-state index in [0.29, 0.717) is 29.8 Å². The van der Waals surface area contributed by atoms with Crippen LogP contribution in [0.25, 0.3) is 0 Å². The maximum absolute atomic E-state index is 11.4. The van der Waals surface area contributed by atoms with Gasteiger partial charge in [0.1, 0.15) is 11.6 Å². The maximum atomic E-state index is 11.4. The van der Waals surface area contributed by atoms with Gasteiger partial charge in [0.15, 0.2) is 12.4 Å². The zero-order chi connectivity index (χ0) is 13.5. The van der Waals surface area contributed by atoms with Crippen molar-refractivity contribution in [3.05, 3.63) is 11.8 Å². The summed E-state index contributed by atoms with van der Waals surface area (Å²) in [6, 6.07) is 1.61. The first-order valence-electron chi connectivity index (χ1n) is 5.65. The third-order valence-corrected chi connectivity index (χ3v) is 1.89. The van der Waals surface area contributed by atoms with Crippen LogP contribution in [0.1, 0.15) is 26.0 Å². The van der Waals surface area contributed by atoms with Crippen LogP contribution in [0.15, 0.2) is 15.7 Å². The molecule has 1 rings (SSSR count). The molecule has 0 aliphatic carbocycles. The zero-order valence-electron chi connectivity index (χ0n) is 10.8. The third kappa shape index (κ3) is 5.33.